The molecule has 1 N–H and O–H groups in total. The number of nitrogens with zero attached hydrogens (tertiary/aromatic N) is 1. The van der Waals surface area contributed by atoms with Crippen molar-refractivity contribution in [3.05, 3.63) is 64.7 Å². The summed E-state index contributed by atoms with van der Waals surface area (Å²) in [7, 11) is 0. The highest BCUT2D eigenvalue weighted by Crippen LogP contribution is 2.20. The van der Waals surface area contributed by atoms with E-state index < -0.39 is 0 Å². The SMILES string of the molecule is CC(C)c1ccc(/C=N\Nc2ccccc2Cl)cc1. The first-order valence-corrected chi connectivity index (χ1v) is 6.68. The van der Waals surface area contributed by atoms with Crippen LogP contribution in [0.25, 0.3) is 0 Å². The molecule has 0 atom stereocenters. The molecule has 0 unspecified atom stereocenters. The molecule has 0 aliphatic heterocycles. The van der Waals surface area contributed by atoms with Gasteiger partial charge in [-0.1, -0.05) is 61.8 Å². The van der Waals surface area contributed by atoms with Gasteiger partial charge >= 0.3 is 0 Å². The molecule has 0 spiro atoms. The molecular formula is C16H17ClN2. The predicted octanol–water partition coefficient (Wildman–Crippen LogP) is 4.91. The maximum Gasteiger partial charge on any atom is 0.0748 e. The van der Waals surface area contributed by atoms with Gasteiger partial charge in [0.2, 0.25) is 0 Å². The van der Waals surface area contributed by atoms with Gasteiger partial charge in [-0.3, -0.25) is 5.43 Å². The Labute approximate surface area is 119 Å². The second kappa shape index (κ2) is 6.39. The third-order valence-electron chi connectivity index (χ3n) is 2.88. The van der Waals surface area contributed by atoms with Crippen LogP contribution < -0.4 is 5.43 Å². The maximum absolute atomic E-state index is 6.03. The molecule has 0 fully saturated rings. The summed E-state index contributed by atoms with van der Waals surface area (Å²) in [6.07, 6.45) is 1.79. The standard InChI is InChI=1S/C16H17ClN2/c1-12(2)14-9-7-13(8-10-14)11-18-19-16-6-4-3-5-15(16)17/h3-12,19H,1-2H3/b18-11-. The topological polar surface area (TPSA) is 24.4 Å². The zero-order chi connectivity index (χ0) is 13.7. The zero-order valence-electron chi connectivity index (χ0n) is 11.1. The van der Waals surface area contributed by atoms with Gasteiger partial charge in [0.15, 0.2) is 0 Å². The number of halogens is 1. The third-order valence-corrected chi connectivity index (χ3v) is 3.21. The van der Waals surface area contributed by atoms with Crippen molar-refractivity contribution in [3.8, 4) is 0 Å². The first kappa shape index (κ1) is 13.6. The van der Waals surface area contributed by atoms with Crippen molar-refractivity contribution < 1.29 is 0 Å². The van der Waals surface area contributed by atoms with Gasteiger partial charge in [-0.15, -0.1) is 0 Å². The summed E-state index contributed by atoms with van der Waals surface area (Å²) in [6.45, 7) is 4.37. The van der Waals surface area contributed by atoms with Gasteiger partial charge in [0.05, 0.1) is 16.9 Å². The number of rotatable bonds is 4. The number of hydrogen-bond acceptors (Lipinski definition) is 2. The average Bonchev–Trinajstić information content (AvgIpc) is 2.41. The highest BCUT2D eigenvalue weighted by atomic mass is 35.5. The van der Waals surface area contributed by atoms with E-state index in [4.69, 9.17) is 11.6 Å². The number of benzene rings is 2. The lowest BCUT2D eigenvalue weighted by atomic mass is 10.0. The molecule has 2 nitrogen and oxygen atoms in total. The molecule has 0 saturated heterocycles. The van der Waals surface area contributed by atoms with Crippen molar-refractivity contribution >= 4 is 23.5 Å². The molecule has 3 heteroatoms. The van der Waals surface area contributed by atoms with Crippen LogP contribution in [0.1, 0.15) is 30.9 Å². The predicted molar refractivity (Wildman–Crippen MR) is 83.2 cm³/mol. The van der Waals surface area contributed by atoms with Crippen LogP contribution in [0.5, 0.6) is 0 Å². The molecule has 0 aromatic heterocycles. The van der Waals surface area contributed by atoms with E-state index in [0.717, 1.165) is 11.3 Å². The minimum atomic E-state index is 0.548. The first-order valence-electron chi connectivity index (χ1n) is 6.30. The van der Waals surface area contributed by atoms with E-state index in [1.54, 1.807) is 6.21 Å². The summed E-state index contributed by atoms with van der Waals surface area (Å²) in [5.41, 5.74) is 6.13. The minimum absolute atomic E-state index is 0.548. The van der Waals surface area contributed by atoms with E-state index in [2.05, 4.69) is 48.6 Å². The molecule has 0 bridgehead atoms. The number of hydrogen-bond donors (Lipinski definition) is 1. The van der Waals surface area contributed by atoms with Crippen LogP contribution >= 0.6 is 11.6 Å². The maximum atomic E-state index is 6.03. The summed E-state index contributed by atoms with van der Waals surface area (Å²) < 4.78 is 0. The van der Waals surface area contributed by atoms with E-state index in [0.29, 0.717) is 10.9 Å². The van der Waals surface area contributed by atoms with Crippen LogP contribution in [0.3, 0.4) is 0 Å². The van der Waals surface area contributed by atoms with E-state index in [1.807, 2.05) is 24.3 Å². The van der Waals surface area contributed by atoms with E-state index >= 15 is 0 Å². The van der Waals surface area contributed by atoms with Crippen molar-refractivity contribution in [2.75, 3.05) is 5.43 Å². The Bertz CT molecular complexity index is 559. The van der Waals surface area contributed by atoms with Gasteiger partial charge < -0.3 is 0 Å². The van der Waals surface area contributed by atoms with Crippen LogP contribution in [0, 0.1) is 0 Å². The summed E-state index contributed by atoms with van der Waals surface area (Å²) in [6, 6.07) is 15.9. The molecule has 98 valence electrons. The van der Waals surface area contributed by atoms with Gasteiger partial charge in [0.25, 0.3) is 0 Å². The lowest BCUT2D eigenvalue weighted by Gasteiger charge is -2.05. The Morgan fingerprint density at radius 1 is 1.05 bits per heavy atom. The van der Waals surface area contributed by atoms with Gasteiger partial charge in [0.1, 0.15) is 0 Å². The Morgan fingerprint density at radius 3 is 2.37 bits per heavy atom. The molecule has 19 heavy (non-hydrogen) atoms. The monoisotopic (exact) mass is 272 g/mol. The highest BCUT2D eigenvalue weighted by Gasteiger charge is 1.98. The quantitative estimate of drug-likeness (QED) is 0.621. The Kier molecular flexibility index (Phi) is 4.58. The van der Waals surface area contributed by atoms with Crippen LogP contribution in [0.2, 0.25) is 5.02 Å². The molecule has 2 aromatic rings. The molecule has 0 radical (unpaired) electrons. The Morgan fingerprint density at radius 2 is 1.74 bits per heavy atom. The summed E-state index contributed by atoms with van der Waals surface area (Å²) >= 11 is 6.03. The van der Waals surface area contributed by atoms with Crippen molar-refractivity contribution in [2.24, 2.45) is 5.10 Å². The van der Waals surface area contributed by atoms with Gasteiger partial charge in [-0.25, -0.2) is 0 Å². The van der Waals surface area contributed by atoms with Gasteiger partial charge in [-0.05, 0) is 29.2 Å². The van der Waals surface area contributed by atoms with Crippen molar-refractivity contribution in [3.63, 3.8) is 0 Å². The normalized spacial score (nSPS) is 11.2. The molecule has 0 heterocycles. The van der Waals surface area contributed by atoms with Crippen molar-refractivity contribution in [1.29, 1.82) is 0 Å². The Balaban J connectivity index is 2.01. The van der Waals surface area contributed by atoms with E-state index in [9.17, 15) is 0 Å². The number of para-hydroxylation sites is 1. The fourth-order valence-corrected chi connectivity index (χ4v) is 1.87. The molecule has 2 rings (SSSR count). The smallest absolute Gasteiger partial charge is 0.0748 e. The zero-order valence-corrected chi connectivity index (χ0v) is 11.9. The van der Waals surface area contributed by atoms with Crippen LogP contribution in [-0.4, -0.2) is 6.21 Å². The summed E-state index contributed by atoms with van der Waals surface area (Å²) in [5, 5.41) is 4.85. The Hall–Kier alpha value is -1.80. The van der Waals surface area contributed by atoms with Crippen molar-refractivity contribution in [2.45, 2.75) is 19.8 Å². The largest absolute Gasteiger partial charge is 0.277 e. The lowest BCUT2D eigenvalue weighted by molar-refractivity contribution is 0.866. The molecule has 2 aromatic carbocycles. The van der Waals surface area contributed by atoms with Crippen LogP contribution in [0.4, 0.5) is 5.69 Å². The first-order chi connectivity index (χ1) is 9.16. The van der Waals surface area contributed by atoms with E-state index in [-0.39, 0.29) is 0 Å². The molecule has 0 aliphatic rings. The minimum Gasteiger partial charge on any atom is -0.277 e. The number of nitrogens with one attached hydrogen (secondary N) is 1. The van der Waals surface area contributed by atoms with Gasteiger partial charge in [0, 0.05) is 0 Å². The molecule has 0 saturated carbocycles. The fourth-order valence-electron chi connectivity index (χ4n) is 1.70. The second-order valence-corrected chi connectivity index (χ2v) is 5.08. The lowest BCUT2D eigenvalue weighted by Crippen LogP contribution is -1.92. The number of hydrazone groups is 1. The van der Waals surface area contributed by atoms with Crippen LogP contribution in [0.15, 0.2) is 53.6 Å². The number of anilines is 1. The molecular weight excluding hydrogens is 256 g/mol. The fraction of sp³-hybridized carbons (Fsp3) is 0.188. The third kappa shape index (κ3) is 3.83. The van der Waals surface area contributed by atoms with E-state index in [1.165, 1.54) is 5.56 Å². The average molecular weight is 273 g/mol. The highest BCUT2D eigenvalue weighted by molar-refractivity contribution is 6.33. The second-order valence-electron chi connectivity index (χ2n) is 4.67. The van der Waals surface area contributed by atoms with Crippen LogP contribution in [-0.2, 0) is 0 Å². The summed E-state index contributed by atoms with van der Waals surface area (Å²) in [4.78, 5) is 0. The van der Waals surface area contributed by atoms with Gasteiger partial charge in [-0.2, -0.15) is 5.10 Å². The molecule has 0 amide bonds. The van der Waals surface area contributed by atoms with Crippen molar-refractivity contribution in [1.82, 2.24) is 0 Å². The molecule has 0 aliphatic carbocycles. The summed E-state index contributed by atoms with van der Waals surface area (Å²) in [5.74, 6) is 0.548.